The zero-order valence-corrected chi connectivity index (χ0v) is 16.3. The maximum Gasteiger partial charge on any atom is 0.229 e. The van der Waals surface area contributed by atoms with Crippen molar-refractivity contribution in [1.29, 1.82) is 0 Å². The summed E-state index contributed by atoms with van der Waals surface area (Å²) in [5, 5.41) is 6.15. The molecule has 2 aliphatic heterocycles. The van der Waals surface area contributed by atoms with Gasteiger partial charge in [0.15, 0.2) is 0 Å². The van der Waals surface area contributed by atoms with E-state index in [1.165, 1.54) is 6.07 Å². The van der Waals surface area contributed by atoms with Crippen molar-refractivity contribution in [1.82, 2.24) is 10.6 Å². The summed E-state index contributed by atoms with van der Waals surface area (Å²) in [7, 11) is 1.58. The molecule has 0 spiro atoms. The van der Waals surface area contributed by atoms with Crippen LogP contribution in [0.1, 0.15) is 12.0 Å². The molecule has 2 saturated heterocycles. The lowest BCUT2D eigenvalue weighted by Crippen LogP contribution is -2.63. The molecule has 0 aromatic heterocycles. The summed E-state index contributed by atoms with van der Waals surface area (Å²) in [4.78, 5) is 27.2. The van der Waals surface area contributed by atoms with Gasteiger partial charge in [0, 0.05) is 37.8 Å². The summed E-state index contributed by atoms with van der Waals surface area (Å²) in [6.45, 7) is 1.39. The summed E-state index contributed by atoms with van der Waals surface area (Å²) in [5.74, 6) is 0.197. The predicted molar refractivity (Wildman–Crippen MR) is 107 cm³/mol. The van der Waals surface area contributed by atoms with E-state index in [9.17, 15) is 14.0 Å². The lowest BCUT2D eigenvalue weighted by molar-refractivity contribution is -0.134. The smallest absolute Gasteiger partial charge is 0.229 e. The second-order valence-corrected chi connectivity index (χ2v) is 7.73. The molecule has 152 valence electrons. The number of halogens is 1. The van der Waals surface area contributed by atoms with Gasteiger partial charge in [-0.15, -0.1) is 0 Å². The summed E-state index contributed by atoms with van der Waals surface area (Å²) >= 11 is 0. The van der Waals surface area contributed by atoms with Crippen LogP contribution in [-0.2, 0) is 16.0 Å². The number of anilines is 1. The predicted octanol–water partition coefficient (Wildman–Crippen LogP) is 1.89. The minimum absolute atomic E-state index is 0.0431. The summed E-state index contributed by atoms with van der Waals surface area (Å²) in [5.41, 5.74) is 0.594. The highest BCUT2D eigenvalue weighted by Crippen LogP contribution is 2.31. The molecule has 2 aromatic rings. The molecule has 2 heterocycles. The first kappa shape index (κ1) is 19.4. The van der Waals surface area contributed by atoms with Gasteiger partial charge < -0.3 is 20.3 Å². The van der Waals surface area contributed by atoms with Crippen molar-refractivity contribution >= 4 is 17.5 Å². The third-order valence-electron chi connectivity index (χ3n) is 5.72. The van der Waals surface area contributed by atoms with Gasteiger partial charge in [-0.05, 0) is 30.2 Å². The molecule has 2 aliphatic rings. The number of hydrogen-bond acceptors (Lipinski definition) is 4. The second-order valence-electron chi connectivity index (χ2n) is 7.73. The molecular formula is C22H24FN3O3. The first-order chi connectivity index (χ1) is 14.0. The van der Waals surface area contributed by atoms with Crippen LogP contribution >= 0.6 is 0 Å². The number of nitrogens with one attached hydrogen (secondary N) is 2. The Bertz CT molecular complexity index is 929. The highest BCUT2D eigenvalue weighted by molar-refractivity contribution is 5.97. The first-order valence-corrected chi connectivity index (χ1v) is 9.70. The van der Waals surface area contributed by atoms with E-state index in [1.807, 2.05) is 18.2 Å². The maximum atomic E-state index is 14.1. The highest BCUT2D eigenvalue weighted by Gasteiger charge is 2.46. The maximum absolute atomic E-state index is 14.1. The van der Waals surface area contributed by atoms with E-state index < -0.39 is 5.41 Å². The van der Waals surface area contributed by atoms with Crippen molar-refractivity contribution in [2.75, 3.05) is 31.6 Å². The van der Waals surface area contributed by atoms with Crippen LogP contribution in [0.2, 0.25) is 0 Å². The van der Waals surface area contributed by atoms with E-state index >= 15 is 0 Å². The Morgan fingerprint density at radius 3 is 2.76 bits per heavy atom. The molecule has 2 fully saturated rings. The average Bonchev–Trinajstić information content (AvgIpc) is 3.06. The van der Waals surface area contributed by atoms with Crippen LogP contribution in [0.4, 0.5) is 10.1 Å². The van der Waals surface area contributed by atoms with Crippen LogP contribution in [-0.4, -0.2) is 44.6 Å². The van der Waals surface area contributed by atoms with Crippen LogP contribution in [0.3, 0.4) is 0 Å². The second kappa shape index (κ2) is 7.83. The molecule has 2 N–H and O–H groups in total. The van der Waals surface area contributed by atoms with E-state index in [0.717, 1.165) is 5.69 Å². The van der Waals surface area contributed by atoms with Gasteiger partial charge >= 0.3 is 0 Å². The van der Waals surface area contributed by atoms with Crippen LogP contribution < -0.4 is 20.3 Å². The average molecular weight is 397 g/mol. The molecule has 2 amide bonds. The number of amides is 2. The number of carbonyl (C=O) groups is 2. The van der Waals surface area contributed by atoms with Gasteiger partial charge in [0.2, 0.25) is 11.8 Å². The number of rotatable bonds is 6. The van der Waals surface area contributed by atoms with Gasteiger partial charge in [0.05, 0.1) is 18.6 Å². The van der Waals surface area contributed by atoms with Crippen molar-refractivity contribution in [3.63, 3.8) is 0 Å². The number of ether oxygens (including phenoxy) is 1. The number of methoxy groups -OCH3 is 1. The van der Waals surface area contributed by atoms with E-state index in [0.29, 0.717) is 37.4 Å². The fourth-order valence-electron chi connectivity index (χ4n) is 3.97. The summed E-state index contributed by atoms with van der Waals surface area (Å²) in [6, 6.07) is 13.6. The Morgan fingerprint density at radius 1 is 1.28 bits per heavy atom. The van der Waals surface area contributed by atoms with Crippen LogP contribution in [0, 0.1) is 11.2 Å². The molecule has 4 rings (SSSR count). The van der Waals surface area contributed by atoms with Crippen molar-refractivity contribution < 1.29 is 18.7 Å². The van der Waals surface area contributed by atoms with Gasteiger partial charge in [0.25, 0.3) is 0 Å². The molecule has 0 radical (unpaired) electrons. The van der Waals surface area contributed by atoms with E-state index in [1.54, 1.807) is 36.3 Å². The number of hydrogen-bond donors (Lipinski definition) is 2. The molecule has 0 aliphatic carbocycles. The molecule has 6 nitrogen and oxygen atoms in total. The minimum Gasteiger partial charge on any atom is -0.497 e. The molecule has 0 bridgehead atoms. The number of benzene rings is 2. The zero-order chi connectivity index (χ0) is 20.4. The van der Waals surface area contributed by atoms with E-state index in [2.05, 4.69) is 10.6 Å². The number of carbonyl (C=O) groups excluding carboxylic acids is 2. The van der Waals surface area contributed by atoms with Gasteiger partial charge in [0.1, 0.15) is 11.6 Å². The van der Waals surface area contributed by atoms with Crippen LogP contribution in [0.25, 0.3) is 0 Å². The van der Waals surface area contributed by atoms with Crippen LogP contribution in [0.15, 0.2) is 48.5 Å². The lowest BCUT2D eigenvalue weighted by Gasteiger charge is -2.41. The standard InChI is InChI=1S/C22H24FN3O3/c1-29-18-7-4-6-17(10-18)26-12-16(9-20(26)27)25-21(28)22(13-24-14-22)11-15-5-2-3-8-19(15)23/h2-8,10,16,24H,9,11-14H2,1H3,(H,25,28). The molecule has 7 heteroatoms. The molecule has 29 heavy (non-hydrogen) atoms. The highest BCUT2D eigenvalue weighted by atomic mass is 19.1. The fraction of sp³-hybridized carbons (Fsp3) is 0.364. The Morgan fingerprint density at radius 2 is 2.07 bits per heavy atom. The zero-order valence-electron chi connectivity index (χ0n) is 16.3. The van der Waals surface area contributed by atoms with Gasteiger partial charge in [-0.1, -0.05) is 24.3 Å². The Balaban J connectivity index is 1.44. The molecule has 1 atom stereocenters. The van der Waals surface area contributed by atoms with Crippen molar-refractivity contribution in [2.45, 2.75) is 18.9 Å². The fourth-order valence-corrected chi connectivity index (χ4v) is 3.97. The SMILES string of the molecule is COc1cccc(N2CC(NC(=O)C3(Cc4ccccc4F)CNC3)CC2=O)c1. The monoisotopic (exact) mass is 397 g/mol. The largest absolute Gasteiger partial charge is 0.497 e. The van der Waals surface area contributed by atoms with Crippen molar-refractivity contribution in [3.05, 3.63) is 59.9 Å². The van der Waals surface area contributed by atoms with Gasteiger partial charge in [-0.3, -0.25) is 9.59 Å². The van der Waals surface area contributed by atoms with E-state index in [-0.39, 0.29) is 30.1 Å². The topological polar surface area (TPSA) is 70.7 Å². The third-order valence-corrected chi connectivity index (χ3v) is 5.72. The quantitative estimate of drug-likeness (QED) is 0.781. The Hall–Kier alpha value is -2.93. The molecular weight excluding hydrogens is 373 g/mol. The Kier molecular flexibility index (Phi) is 5.24. The number of nitrogens with zero attached hydrogens (tertiary/aromatic N) is 1. The summed E-state index contributed by atoms with van der Waals surface area (Å²) < 4.78 is 19.3. The summed E-state index contributed by atoms with van der Waals surface area (Å²) in [6.07, 6.45) is 0.574. The molecule has 1 unspecified atom stereocenters. The Labute approximate surface area is 169 Å². The van der Waals surface area contributed by atoms with Gasteiger partial charge in [-0.2, -0.15) is 0 Å². The lowest BCUT2D eigenvalue weighted by atomic mass is 9.75. The van der Waals surface area contributed by atoms with E-state index in [4.69, 9.17) is 4.74 Å². The third kappa shape index (κ3) is 3.82. The van der Waals surface area contributed by atoms with Crippen LogP contribution in [0.5, 0.6) is 5.75 Å². The normalized spacial score (nSPS) is 20.3. The van der Waals surface area contributed by atoms with Crippen molar-refractivity contribution in [3.8, 4) is 5.75 Å². The molecule has 2 aromatic carbocycles. The molecule has 0 saturated carbocycles. The minimum atomic E-state index is -0.686. The van der Waals surface area contributed by atoms with Crippen molar-refractivity contribution in [2.24, 2.45) is 5.41 Å². The first-order valence-electron chi connectivity index (χ1n) is 9.70. The van der Waals surface area contributed by atoms with Gasteiger partial charge in [-0.25, -0.2) is 4.39 Å².